The Labute approximate surface area is 126 Å². The van der Waals surface area contributed by atoms with Crippen molar-refractivity contribution in [3.8, 4) is 6.07 Å². The fraction of sp³-hybridized carbons (Fsp3) is 0.353. The maximum absolute atomic E-state index is 10.8. The molecule has 0 aliphatic rings. The number of nitrogens with zero attached hydrogens (tertiary/aromatic N) is 3. The van der Waals surface area contributed by atoms with Crippen LogP contribution in [0.5, 0.6) is 0 Å². The highest BCUT2D eigenvalue weighted by Gasteiger charge is 2.03. The van der Waals surface area contributed by atoms with Crippen molar-refractivity contribution in [3.63, 3.8) is 0 Å². The normalized spacial score (nSPS) is 9.57. The van der Waals surface area contributed by atoms with E-state index < -0.39 is 0 Å². The first-order valence-corrected chi connectivity index (χ1v) is 6.77. The summed E-state index contributed by atoms with van der Waals surface area (Å²) in [6, 6.07) is 2.05. The van der Waals surface area contributed by atoms with E-state index in [2.05, 4.69) is 11.1 Å². The van der Waals surface area contributed by atoms with Gasteiger partial charge in [0.25, 0.3) is 0 Å². The lowest BCUT2D eigenvalue weighted by Crippen LogP contribution is -2.26. The largest absolute Gasteiger partial charge is 0.619 e. The van der Waals surface area contributed by atoms with E-state index in [0.29, 0.717) is 5.69 Å². The minimum atomic E-state index is 0.535. The summed E-state index contributed by atoms with van der Waals surface area (Å²) in [6.07, 6.45) is 4.91. The quantitative estimate of drug-likeness (QED) is 0.551. The minimum Gasteiger partial charge on any atom is -0.619 e. The van der Waals surface area contributed by atoms with E-state index in [-0.39, 0.29) is 0 Å². The molecule has 4 nitrogen and oxygen atoms in total. The van der Waals surface area contributed by atoms with E-state index >= 15 is 0 Å². The van der Waals surface area contributed by atoms with Crippen LogP contribution in [0, 0.1) is 58.1 Å². The van der Waals surface area contributed by atoms with Crippen molar-refractivity contribution < 1.29 is 4.73 Å². The number of hydrogen-bond acceptors (Lipinski definition) is 3. The predicted molar refractivity (Wildman–Crippen MR) is 82.8 cm³/mol. The SMILES string of the molecule is Cc1c[n+]([O-])cc(C)c1C.Cc1cnc(C#N)c(C)c1C. The molecule has 0 atom stereocenters. The minimum absolute atomic E-state index is 0.535. The molecule has 4 heteroatoms. The standard InChI is InChI=1S/C9H10N2.C8H11NO/c1-6-5-11-9(4-10)8(3)7(6)2;1-6-4-9(10)5-7(2)8(6)3/h5H,1-3H3;4-5H,1-3H3. The zero-order valence-electron chi connectivity index (χ0n) is 13.5. The Morgan fingerprint density at radius 3 is 1.90 bits per heavy atom. The van der Waals surface area contributed by atoms with Gasteiger partial charge in [0.05, 0.1) is 0 Å². The number of aryl methyl sites for hydroxylation is 3. The van der Waals surface area contributed by atoms with Gasteiger partial charge < -0.3 is 5.21 Å². The molecule has 0 radical (unpaired) electrons. The van der Waals surface area contributed by atoms with Crippen molar-refractivity contribution in [2.24, 2.45) is 0 Å². The maximum Gasteiger partial charge on any atom is 0.183 e. The monoisotopic (exact) mass is 283 g/mol. The molecule has 0 saturated carbocycles. The number of pyridine rings is 2. The van der Waals surface area contributed by atoms with Gasteiger partial charge in [0.1, 0.15) is 11.8 Å². The van der Waals surface area contributed by atoms with Crippen LogP contribution in [0.3, 0.4) is 0 Å². The lowest BCUT2D eigenvalue weighted by molar-refractivity contribution is -0.606. The Morgan fingerprint density at radius 1 is 0.905 bits per heavy atom. The molecule has 0 aliphatic heterocycles. The van der Waals surface area contributed by atoms with Crippen LogP contribution in [0.1, 0.15) is 39.1 Å². The summed E-state index contributed by atoms with van der Waals surface area (Å²) < 4.78 is 0.845. The van der Waals surface area contributed by atoms with Crippen molar-refractivity contribution in [2.75, 3.05) is 0 Å². The summed E-state index contributed by atoms with van der Waals surface area (Å²) in [5.41, 5.74) is 7.13. The average Bonchev–Trinajstić information content (AvgIpc) is 2.43. The summed E-state index contributed by atoms with van der Waals surface area (Å²) in [6.45, 7) is 11.8. The van der Waals surface area contributed by atoms with E-state index in [1.807, 2.05) is 41.5 Å². The van der Waals surface area contributed by atoms with E-state index in [4.69, 9.17) is 5.26 Å². The third kappa shape index (κ3) is 4.03. The predicted octanol–water partition coefficient (Wildman–Crippen LogP) is 3.12. The number of hydrogen-bond donors (Lipinski definition) is 0. The molecule has 0 saturated heterocycles. The Hall–Kier alpha value is -2.41. The Balaban J connectivity index is 0.000000211. The highest BCUT2D eigenvalue weighted by Crippen LogP contribution is 2.12. The molecule has 2 aromatic rings. The van der Waals surface area contributed by atoms with Crippen LogP contribution in [-0.4, -0.2) is 4.98 Å². The molecular weight excluding hydrogens is 262 g/mol. The second-order valence-electron chi connectivity index (χ2n) is 5.26. The molecule has 2 heterocycles. The van der Waals surface area contributed by atoms with E-state index in [1.165, 1.54) is 5.56 Å². The Kier molecular flexibility index (Phi) is 5.43. The lowest BCUT2D eigenvalue weighted by Gasteiger charge is -2.03. The highest BCUT2D eigenvalue weighted by atomic mass is 16.5. The molecule has 2 aromatic heterocycles. The van der Waals surface area contributed by atoms with Gasteiger partial charge in [0.2, 0.25) is 0 Å². The van der Waals surface area contributed by atoms with Gasteiger partial charge >= 0.3 is 0 Å². The molecule has 0 unspecified atom stereocenters. The van der Waals surface area contributed by atoms with Crippen LogP contribution in [0.25, 0.3) is 0 Å². The summed E-state index contributed by atoms with van der Waals surface area (Å²) >= 11 is 0. The van der Waals surface area contributed by atoms with Crippen LogP contribution in [0.15, 0.2) is 18.6 Å². The second-order valence-corrected chi connectivity index (χ2v) is 5.26. The van der Waals surface area contributed by atoms with Crippen molar-refractivity contribution in [1.29, 1.82) is 5.26 Å². The molecule has 0 N–H and O–H groups in total. The van der Waals surface area contributed by atoms with Gasteiger partial charge in [-0.3, -0.25) is 0 Å². The first kappa shape index (κ1) is 16.6. The van der Waals surface area contributed by atoms with Crippen molar-refractivity contribution in [1.82, 2.24) is 4.98 Å². The van der Waals surface area contributed by atoms with E-state index in [0.717, 1.165) is 32.5 Å². The molecule has 2 rings (SSSR count). The van der Waals surface area contributed by atoms with Crippen LogP contribution in [0.4, 0.5) is 0 Å². The number of nitriles is 1. The zero-order chi connectivity index (χ0) is 16.2. The second kappa shape index (κ2) is 6.85. The fourth-order valence-electron chi connectivity index (χ4n) is 1.86. The Bertz CT molecular complexity index is 677. The van der Waals surface area contributed by atoms with Crippen LogP contribution < -0.4 is 4.73 Å². The van der Waals surface area contributed by atoms with Gasteiger partial charge in [-0.2, -0.15) is 9.99 Å². The molecule has 0 amide bonds. The fourth-order valence-corrected chi connectivity index (χ4v) is 1.86. The van der Waals surface area contributed by atoms with Gasteiger partial charge in [-0.25, -0.2) is 4.98 Å². The van der Waals surface area contributed by atoms with Gasteiger partial charge in [-0.15, -0.1) is 0 Å². The summed E-state index contributed by atoms with van der Waals surface area (Å²) in [5.74, 6) is 0. The maximum atomic E-state index is 10.8. The summed E-state index contributed by atoms with van der Waals surface area (Å²) in [4.78, 5) is 4.00. The van der Waals surface area contributed by atoms with E-state index in [1.54, 1.807) is 18.6 Å². The third-order valence-corrected chi connectivity index (χ3v) is 3.83. The van der Waals surface area contributed by atoms with Gasteiger partial charge in [0.15, 0.2) is 12.4 Å². The molecule has 0 spiro atoms. The van der Waals surface area contributed by atoms with Crippen LogP contribution in [0.2, 0.25) is 0 Å². The topological polar surface area (TPSA) is 63.6 Å². The lowest BCUT2D eigenvalue weighted by atomic mass is 10.1. The first-order valence-electron chi connectivity index (χ1n) is 6.77. The smallest absolute Gasteiger partial charge is 0.183 e. The van der Waals surface area contributed by atoms with Crippen molar-refractivity contribution >= 4 is 0 Å². The van der Waals surface area contributed by atoms with Gasteiger partial charge in [-0.1, -0.05) is 0 Å². The first-order chi connectivity index (χ1) is 9.77. The summed E-state index contributed by atoms with van der Waals surface area (Å²) in [5, 5.41) is 19.4. The van der Waals surface area contributed by atoms with E-state index in [9.17, 15) is 5.21 Å². The zero-order valence-corrected chi connectivity index (χ0v) is 13.5. The van der Waals surface area contributed by atoms with Crippen LogP contribution in [-0.2, 0) is 0 Å². The average molecular weight is 283 g/mol. The number of aromatic nitrogens is 2. The molecule has 21 heavy (non-hydrogen) atoms. The van der Waals surface area contributed by atoms with Gasteiger partial charge in [-0.05, 0) is 63.8 Å². The molecule has 0 bridgehead atoms. The molecule has 0 fully saturated rings. The Morgan fingerprint density at radius 2 is 1.43 bits per heavy atom. The highest BCUT2D eigenvalue weighted by molar-refractivity contribution is 5.39. The number of rotatable bonds is 0. The van der Waals surface area contributed by atoms with Gasteiger partial charge in [0, 0.05) is 17.3 Å². The third-order valence-electron chi connectivity index (χ3n) is 3.83. The van der Waals surface area contributed by atoms with Crippen LogP contribution >= 0.6 is 0 Å². The van der Waals surface area contributed by atoms with Crippen molar-refractivity contribution in [2.45, 2.75) is 41.5 Å². The molecule has 110 valence electrons. The molecular formula is C17H21N3O. The molecule has 0 aliphatic carbocycles. The summed E-state index contributed by atoms with van der Waals surface area (Å²) in [7, 11) is 0. The molecule has 0 aromatic carbocycles. The van der Waals surface area contributed by atoms with Crippen molar-refractivity contribution in [3.05, 3.63) is 62.9 Å².